The maximum Gasteiger partial charge on any atom is 0.255 e. The molecule has 0 aromatic heterocycles. The van der Waals surface area contributed by atoms with Crippen LogP contribution in [0.3, 0.4) is 0 Å². The smallest absolute Gasteiger partial charge is 0.255 e. The van der Waals surface area contributed by atoms with Gasteiger partial charge in [-0.25, -0.2) is 0 Å². The molecule has 0 heterocycles. The summed E-state index contributed by atoms with van der Waals surface area (Å²) >= 11 is 7.31. The van der Waals surface area contributed by atoms with Gasteiger partial charge < -0.3 is 10.6 Å². The number of hydrogen-bond donors (Lipinski definition) is 2. The monoisotopic (exact) mass is 452 g/mol. The molecule has 0 spiro atoms. The molecule has 0 saturated heterocycles. The van der Waals surface area contributed by atoms with E-state index in [0.717, 1.165) is 4.90 Å². The van der Waals surface area contributed by atoms with E-state index in [1.165, 1.54) is 17.3 Å². The zero-order valence-corrected chi connectivity index (χ0v) is 19.3. The van der Waals surface area contributed by atoms with Crippen molar-refractivity contribution < 1.29 is 9.59 Å². The van der Waals surface area contributed by atoms with Gasteiger partial charge in [0.15, 0.2) is 0 Å². The number of halogens is 1. The molecule has 31 heavy (non-hydrogen) atoms. The minimum absolute atomic E-state index is 0.0351. The molecule has 3 aromatic carbocycles. The molecule has 3 rings (SSSR count). The number of rotatable bonds is 6. The zero-order chi connectivity index (χ0) is 22.4. The van der Waals surface area contributed by atoms with Gasteiger partial charge in [-0.2, -0.15) is 0 Å². The number of anilines is 2. The fourth-order valence-corrected chi connectivity index (χ4v) is 3.70. The van der Waals surface area contributed by atoms with Gasteiger partial charge in [0.1, 0.15) is 0 Å². The standard InChI is InChI=1S/C25H25ClN2O2S/c1-25(2,3)18-9-7-17(8-10-18)24(30)28-21-6-4-5-20(15-21)27-23(29)16-31-22-13-11-19(26)12-14-22/h4-15H,16H2,1-3H3,(H,27,29)(H,28,30). The summed E-state index contributed by atoms with van der Waals surface area (Å²) in [6.45, 7) is 6.40. The van der Waals surface area contributed by atoms with E-state index >= 15 is 0 Å². The summed E-state index contributed by atoms with van der Waals surface area (Å²) in [4.78, 5) is 25.8. The van der Waals surface area contributed by atoms with Crippen molar-refractivity contribution in [2.45, 2.75) is 31.1 Å². The molecule has 0 saturated carbocycles. The Morgan fingerprint density at radius 1 is 0.871 bits per heavy atom. The minimum atomic E-state index is -0.192. The van der Waals surface area contributed by atoms with Crippen LogP contribution in [0.5, 0.6) is 0 Å². The SMILES string of the molecule is CC(C)(C)c1ccc(C(=O)Nc2cccc(NC(=O)CSc3ccc(Cl)cc3)c2)cc1. The summed E-state index contributed by atoms with van der Waals surface area (Å²) in [6, 6.07) is 22.1. The molecule has 0 aliphatic rings. The van der Waals surface area contributed by atoms with Gasteiger partial charge >= 0.3 is 0 Å². The molecule has 0 fully saturated rings. The van der Waals surface area contributed by atoms with Gasteiger partial charge in [-0.3, -0.25) is 9.59 Å². The van der Waals surface area contributed by atoms with Crippen LogP contribution in [0.15, 0.2) is 77.7 Å². The van der Waals surface area contributed by atoms with E-state index in [4.69, 9.17) is 11.6 Å². The molecule has 0 atom stereocenters. The van der Waals surface area contributed by atoms with E-state index in [9.17, 15) is 9.59 Å². The Bertz CT molecular complexity index is 1060. The molecular weight excluding hydrogens is 428 g/mol. The van der Waals surface area contributed by atoms with Gasteiger partial charge in [-0.1, -0.05) is 50.6 Å². The van der Waals surface area contributed by atoms with Crippen LogP contribution >= 0.6 is 23.4 Å². The van der Waals surface area contributed by atoms with Crippen LogP contribution in [0.4, 0.5) is 11.4 Å². The van der Waals surface area contributed by atoms with Crippen molar-refractivity contribution in [1.82, 2.24) is 0 Å². The second-order valence-electron chi connectivity index (χ2n) is 8.15. The predicted molar refractivity (Wildman–Crippen MR) is 130 cm³/mol. The minimum Gasteiger partial charge on any atom is -0.325 e. The number of nitrogens with one attached hydrogen (secondary N) is 2. The zero-order valence-electron chi connectivity index (χ0n) is 17.7. The van der Waals surface area contributed by atoms with Crippen LogP contribution in [0.25, 0.3) is 0 Å². The van der Waals surface area contributed by atoms with Crippen molar-refractivity contribution in [3.05, 3.63) is 88.9 Å². The number of thioether (sulfide) groups is 1. The molecule has 3 aromatic rings. The van der Waals surface area contributed by atoms with E-state index in [2.05, 4.69) is 31.4 Å². The summed E-state index contributed by atoms with van der Waals surface area (Å²) in [5.41, 5.74) is 3.04. The summed E-state index contributed by atoms with van der Waals surface area (Å²) < 4.78 is 0. The van der Waals surface area contributed by atoms with Crippen molar-refractivity contribution in [3.63, 3.8) is 0 Å². The first kappa shape index (κ1) is 22.9. The highest BCUT2D eigenvalue weighted by Gasteiger charge is 2.14. The predicted octanol–water partition coefficient (Wildman–Crippen LogP) is 6.62. The van der Waals surface area contributed by atoms with Gasteiger partial charge in [0.05, 0.1) is 5.75 Å². The molecule has 0 aliphatic carbocycles. The maximum atomic E-state index is 12.6. The fourth-order valence-electron chi connectivity index (χ4n) is 2.88. The summed E-state index contributed by atoms with van der Waals surface area (Å²) in [7, 11) is 0. The lowest BCUT2D eigenvalue weighted by Crippen LogP contribution is -2.16. The molecule has 0 radical (unpaired) electrons. The Morgan fingerprint density at radius 3 is 2.10 bits per heavy atom. The van der Waals surface area contributed by atoms with Gasteiger partial charge in [-0.05, 0) is 65.6 Å². The maximum absolute atomic E-state index is 12.6. The highest BCUT2D eigenvalue weighted by Crippen LogP contribution is 2.23. The lowest BCUT2D eigenvalue weighted by atomic mass is 9.87. The lowest BCUT2D eigenvalue weighted by Gasteiger charge is -2.19. The third-order valence-corrected chi connectivity index (χ3v) is 5.86. The molecule has 0 aliphatic heterocycles. The first-order valence-electron chi connectivity index (χ1n) is 9.91. The van der Waals surface area contributed by atoms with E-state index < -0.39 is 0 Å². The van der Waals surface area contributed by atoms with Gasteiger partial charge in [0.25, 0.3) is 5.91 Å². The molecule has 0 unspecified atom stereocenters. The van der Waals surface area contributed by atoms with Crippen LogP contribution in [-0.4, -0.2) is 17.6 Å². The topological polar surface area (TPSA) is 58.2 Å². The first-order chi connectivity index (χ1) is 14.7. The lowest BCUT2D eigenvalue weighted by molar-refractivity contribution is -0.113. The highest BCUT2D eigenvalue weighted by atomic mass is 35.5. The Labute approximate surface area is 192 Å². The molecule has 6 heteroatoms. The third kappa shape index (κ3) is 6.88. The quantitative estimate of drug-likeness (QED) is 0.413. The average Bonchev–Trinajstić information content (AvgIpc) is 2.73. The van der Waals surface area contributed by atoms with Crippen molar-refractivity contribution in [1.29, 1.82) is 0 Å². The number of carbonyl (C=O) groups is 2. The second kappa shape index (κ2) is 10.0. The fraction of sp³-hybridized carbons (Fsp3) is 0.200. The van der Waals surface area contributed by atoms with Crippen molar-refractivity contribution in [2.24, 2.45) is 0 Å². The van der Waals surface area contributed by atoms with E-state index in [0.29, 0.717) is 22.0 Å². The molecule has 160 valence electrons. The largest absolute Gasteiger partial charge is 0.325 e. The molecular formula is C25H25ClN2O2S. The van der Waals surface area contributed by atoms with Crippen LogP contribution < -0.4 is 10.6 Å². The van der Waals surface area contributed by atoms with E-state index in [-0.39, 0.29) is 23.0 Å². The van der Waals surface area contributed by atoms with Crippen LogP contribution in [0.1, 0.15) is 36.7 Å². The Kier molecular flexibility index (Phi) is 7.42. The summed E-state index contributed by atoms with van der Waals surface area (Å²) in [5, 5.41) is 6.41. The summed E-state index contributed by atoms with van der Waals surface area (Å²) in [6.07, 6.45) is 0. The second-order valence-corrected chi connectivity index (χ2v) is 9.64. The average molecular weight is 453 g/mol. The summed E-state index contributed by atoms with van der Waals surface area (Å²) in [5.74, 6) is -0.0401. The number of amides is 2. The number of benzene rings is 3. The van der Waals surface area contributed by atoms with Gasteiger partial charge in [0.2, 0.25) is 5.91 Å². The van der Waals surface area contributed by atoms with Crippen LogP contribution in [0, 0.1) is 0 Å². The van der Waals surface area contributed by atoms with Crippen LogP contribution in [-0.2, 0) is 10.2 Å². The van der Waals surface area contributed by atoms with Crippen LogP contribution in [0.2, 0.25) is 5.02 Å². The molecule has 0 bridgehead atoms. The van der Waals surface area contributed by atoms with E-state index in [1.54, 1.807) is 36.4 Å². The van der Waals surface area contributed by atoms with E-state index in [1.807, 2.05) is 36.4 Å². The molecule has 2 N–H and O–H groups in total. The Morgan fingerprint density at radius 2 is 1.48 bits per heavy atom. The molecule has 4 nitrogen and oxygen atoms in total. The highest BCUT2D eigenvalue weighted by molar-refractivity contribution is 8.00. The Hall–Kier alpha value is -2.76. The molecule has 2 amide bonds. The van der Waals surface area contributed by atoms with Crippen molar-refractivity contribution in [2.75, 3.05) is 16.4 Å². The van der Waals surface area contributed by atoms with Crippen molar-refractivity contribution >= 4 is 46.6 Å². The number of carbonyl (C=O) groups excluding carboxylic acids is 2. The Balaban J connectivity index is 1.57. The number of hydrogen-bond acceptors (Lipinski definition) is 3. The van der Waals surface area contributed by atoms with Crippen molar-refractivity contribution in [3.8, 4) is 0 Å². The third-order valence-electron chi connectivity index (χ3n) is 4.60. The normalized spacial score (nSPS) is 11.1. The first-order valence-corrected chi connectivity index (χ1v) is 11.3. The van der Waals surface area contributed by atoms with Gasteiger partial charge in [-0.15, -0.1) is 11.8 Å². The van der Waals surface area contributed by atoms with Gasteiger partial charge in [0, 0.05) is 26.9 Å².